The van der Waals surface area contributed by atoms with E-state index in [-0.39, 0.29) is 0 Å². The Labute approximate surface area is 92.9 Å². The van der Waals surface area contributed by atoms with E-state index in [0.29, 0.717) is 0 Å². The van der Waals surface area contributed by atoms with Crippen LogP contribution in [0.5, 0.6) is 0 Å². The Morgan fingerprint density at radius 2 is 1.79 bits per heavy atom. The smallest absolute Gasteiger partial charge is 0.0486 e. The van der Waals surface area contributed by atoms with Gasteiger partial charge in [0.15, 0.2) is 0 Å². The number of rotatable bonds is 0. The minimum atomic E-state index is 1.19. The van der Waals surface area contributed by atoms with Crippen molar-refractivity contribution >= 4 is 26.8 Å². The van der Waals surface area contributed by atoms with Crippen LogP contribution < -0.4 is 0 Å². The Bertz CT molecular complexity index is 464. The summed E-state index contributed by atoms with van der Waals surface area (Å²) in [4.78, 5) is 0. The Morgan fingerprint density at radius 3 is 2.43 bits per heavy atom. The van der Waals surface area contributed by atoms with Crippen molar-refractivity contribution < 1.29 is 0 Å². The second-order valence-corrected chi connectivity index (χ2v) is 4.74. The molecule has 0 radical (unpaired) electrons. The molecule has 0 fully saturated rings. The fourth-order valence-electron chi connectivity index (χ4n) is 1.87. The minimum Gasteiger partial charge on any atom is -0.348 e. The molecular formula is C12H14BrN. The molecule has 74 valence electrons. The number of hydrogen-bond acceptors (Lipinski definition) is 0. The maximum absolute atomic E-state index is 3.58. The van der Waals surface area contributed by atoms with Crippen LogP contribution in [0.3, 0.4) is 0 Å². The number of fused-ring (bicyclic) bond motifs is 1. The average molecular weight is 252 g/mol. The van der Waals surface area contributed by atoms with Gasteiger partial charge in [-0.1, -0.05) is 15.9 Å². The number of aryl methyl sites for hydroxylation is 3. The molecule has 2 rings (SSSR count). The normalized spacial score (nSPS) is 11.2. The number of halogens is 1. The molecule has 0 saturated heterocycles. The van der Waals surface area contributed by atoms with Gasteiger partial charge in [0, 0.05) is 28.1 Å². The lowest BCUT2D eigenvalue weighted by Gasteiger charge is -2.01. The summed E-state index contributed by atoms with van der Waals surface area (Å²) in [6.07, 6.45) is 0. The molecule has 0 N–H and O–H groups in total. The van der Waals surface area contributed by atoms with Crippen molar-refractivity contribution in [1.29, 1.82) is 0 Å². The van der Waals surface area contributed by atoms with Crippen molar-refractivity contribution in [2.75, 3.05) is 0 Å². The maximum atomic E-state index is 3.58. The molecule has 14 heavy (non-hydrogen) atoms. The first-order chi connectivity index (χ1) is 6.52. The van der Waals surface area contributed by atoms with Gasteiger partial charge in [-0.3, -0.25) is 0 Å². The standard InChI is InChI=1S/C12H14BrN/c1-7-5-12-10(6-11(7)13)8(2)9(3)14(12)4/h5-6H,1-4H3. The number of nitrogens with zero attached hydrogens (tertiary/aromatic N) is 1. The van der Waals surface area contributed by atoms with Gasteiger partial charge < -0.3 is 4.57 Å². The van der Waals surface area contributed by atoms with Crippen LogP contribution in [0.15, 0.2) is 16.6 Å². The SMILES string of the molecule is Cc1cc2c(cc1Br)c(C)c(C)n2C. The fourth-order valence-corrected chi connectivity index (χ4v) is 2.21. The summed E-state index contributed by atoms with van der Waals surface area (Å²) >= 11 is 3.58. The van der Waals surface area contributed by atoms with Gasteiger partial charge in [0.05, 0.1) is 0 Å². The zero-order chi connectivity index (χ0) is 10.5. The molecule has 1 aromatic carbocycles. The zero-order valence-corrected chi connectivity index (χ0v) is 10.6. The van der Waals surface area contributed by atoms with Gasteiger partial charge >= 0.3 is 0 Å². The Morgan fingerprint density at radius 1 is 1.14 bits per heavy atom. The lowest BCUT2D eigenvalue weighted by molar-refractivity contribution is 0.910. The summed E-state index contributed by atoms with van der Waals surface area (Å²) in [5.74, 6) is 0. The van der Waals surface area contributed by atoms with Crippen LogP contribution >= 0.6 is 15.9 Å². The molecular weight excluding hydrogens is 238 g/mol. The van der Waals surface area contributed by atoms with Crippen molar-refractivity contribution in [2.45, 2.75) is 20.8 Å². The van der Waals surface area contributed by atoms with Crippen molar-refractivity contribution in [2.24, 2.45) is 7.05 Å². The quantitative estimate of drug-likeness (QED) is 0.670. The Balaban J connectivity index is 2.96. The highest BCUT2D eigenvalue weighted by Gasteiger charge is 2.09. The lowest BCUT2D eigenvalue weighted by atomic mass is 10.1. The molecule has 0 atom stereocenters. The summed E-state index contributed by atoms with van der Waals surface area (Å²) in [5.41, 5.74) is 5.33. The lowest BCUT2D eigenvalue weighted by Crippen LogP contribution is -1.90. The molecule has 0 bridgehead atoms. The highest BCUT2D eigenvalue weighted by molar-refractivity contribution is 9.10. The monoisotopic (exact) mass is 251 g/mol. The number of benzene rings is 1. The summed E-state index contributed by atoms with van der Waals surface area (Å²) in [6.45, 7) is 6.47. The van der Waals surface area contributed by atoms with E-state index in [1.165, 1.54) is 32.2 Å². The van der Waals surface area contributed by atoms with E-state index in [1.54, 1.807) is 0 Å². The van der Waals surface area contributed by atoms with Crippen molar-refractivity contribution in [3.05, 3.63) is 33.4 Å². The third kappa shape index (κ3) is 1.21. The molecule has 0 aliphatic rings. The Kier molecular flexibility index (Phi) is 2.18. The van der Waals surface area contributed by atoms with Crippen LogP contribution in [0, 0.1) is 20.8 Å². The highest BCUT2D eigenvalue weighted by atomic mass is 79.9. The van der Waals surface area contributed by atoms with E-state index in [9.17, 15) is 0 Å². The van der Waals surface area contributed by atoms with Gasteiger partial charge in [0.1, 0.15) is 0 Å². The van der Waals surface area contributed by atoms with Crippen LogP contribution in [0.4, 0.5) is 0 Å². The third-order valence-electron chi connectivity index (χ3n) is 3.09. The summed E-state index contributed by atoms with van der Waals surface area (Å²) in [7, 11) is 2.12. The van der Waals surface area contributed by atoms with Gasteiger partial charge in [0.25, 0.3) is 0 Å². The maximum Gasteiger partial charge on any atom is 0.0486 e. The predicted molar refractivity (Wildman–Crippen MR) is 64.8 cm³/mol. The van der Waals surface area contributed by atoms with Gasteiger partial charge in [-0.05, 0) is 44.0 Å². The molecule has 0 spiro atoms. The van der Waals surface area contributed by atoms with Crippen molar-refractivity contribution in [3.8, 4) is 0 Å². The molecule has 1 nitrogen and oxygen atoms in total. The molecule has 2 aromatic rings. The van der Waals surface area contributed by atoms with Crippen LogP contribution in [0.2, 0.25) is 0 Å². The van der Waals surface area contributed by atoms with Crippen LogP contribution in [0.1, 0.15) is 16.8 Å². The topological polar surface area (TPSA) is 4.93 Å². The van der Waals surface area contributed by atoms with Gasteiger partial charge in [-0.25, -0.2) is 0 Å². The molecule has 1 heterocycles. The molecule has 1 aromatic heterocycles. The molecule has 0 saturated carbocycles. The second-order valence-electron chi connectivity index (χ2n) is 3.89. The number of aromatic nitrogens is 1. The third-order valence-corrected chi connectivity index (χ3v) is 3.94. The van der Waals surface area contributed by atoms with E-state index < -0.39 is 0 Å². The van der Waals surface area contributed by atoms with Crippen LogP contribution in [-0.4, -0.2) is 4.57 Å². The van der Waals surface area contributed by atoms with Crippen molar-refractivity contribution in [3.63, 3.8) is 0 Å². The van der Waals surface area contributed by atoms with E-state index in [2.05, 4.69) is 60.4 Å². The minimum absolute atomic E-state index is 1.19. The molecule has 0 aliphatic carbocycles. The van der Waals surface area contributed by atoms with E-state index in [4.69, 9.17) is 0 Å². The zero-order valence-electron chi connectivity index (χ0n) is 8.98. The van der Waals surface area contributed by atoms with E-state index in [0.717, 1.165) is 0 Å². The Hall–Kier alpha value is -0.760. The second kappa shape index (κ2) is 3.13. The summed E-state index contributed by atoms with van der Waals surface area (Å²) < 4.78 is 3.45. The summed E-state index contributed by atoms with van der Waals surface area (Å²) in [6, 6.07) is 4.45. The van der Waals surface area contributed by atoms with Gasteiger partial charge in [0.2, 0.25) is 0 Å². The van der Waals surface area contributed by atoms with Crippen LogP contribution in [0.25, 0.3) is 10.9 Å². The van der Waals surface area contributed by atoms with Gasteiger partial charge in [-0.15, -0.1) is 0 Å². The van der Waals surface area contributed by atoms with Crippen LogP contribution in [-0.2, 0) is 7.05 Å². The fraction of sp³-hybridized carbons (Fsp3) is 0.333. The largest absolute Gasteiger partial charge is 0.348 e. The molecule has 2 heteroatoms. The predicted octanol–water partition coefficient (Wildman–Crippen LogP) is 3.87. The first-order valence-electron chi connectivity index (χ1n) is 4.74. The summed E-state index contributed by atoms with van der Waals surface area (Å²) in [5, 5.41) is 1.35. The first-order valence-corrected chi connectivity index (χ1v) is 5.53. The highest BCUT2D eigenvalue weighted by Crippen LogP contribution is 2.29. The van der Waals surface area contributed by atoms with Crippen molar-refractivity contribution in [1.82, 2.24) is 4.57 Å². The average Bonchev–Trinajstić information content (AvgIpc) is 2.34. The number of hydrogen-bond donors (Lipinski definition) is 0. The first kappa shape index (κ1) is 9.78. The molecule has 0 aliphatic heterocycles. The van der Waals surface area contributed by atoms with E-state index in [1.807, 2.05) is 0 Å². The molecule has 0 unspecified atom stereocenters. The molecule has 0 amide bonds. The van der Waals surface area contributed by atoms with Gasteiger partial charge in [-0.2, -0.15) is 0 Å². The van der Waals surface area contributed by atoms with E-state index >= 15 is 0 Å².